The Kier molecular flexibility index (Phi) is 12.3. The molecule has 2 aliphatic rings. The van der Waals surface area contributed by atoms with E-state index in [4.69, 9.17) is 38.4 Å². The Hall–Kier alpha value is -8.18. The summed E-state index contributed by atoms with van der Waals surface area (Å²) in [5.41, 5.74) is 3.79. The van der Waals surface area contributed by atoms with E-state index in [1.807, 2.05) is 41.1 Å². The number of anilines is 4. The highest BCUT2D eigenvalue weighted by atomic mass is 35.5. The molecule has 10 aromatic rings. The van der Waals surface area contributed by atoms with Gasteiger partial charge in [0.05, 0.1) is 54.8 Å². The maximum Gasteiger partial charge on any atom is 0.254 e. The number of hydrogen-bond donors (Lipinski definition) is 2. The van der Waals surface area contributed by atoms with Crippen LogP contribution in [0.5, 0.6) is 0 Å². The lowest BCUT2D eigenvalue weighted by Gasteiger charge is -2.35. The largest absolute Gasteiger partial charge is 0.381 e. The van der Waals surface area contributed by atoms with Crippen molar-refractivity contribution < 1.29 is 23.6 Å². The van der Waals surface area contributed by atoms with Crippen molar-refractivity contribution in [1.29, 1.82) is 0 Å². The second-order valence-corrected chi connectivity index (χ2v) is 20.0. The van der Waals surface area contributed by atoms with E-state index in [0.717, 1.165) is 33.6 Å². The Bertz CT molecular complexity index is 3740. The molecule has 12 rings (SSSR count). The van der Waals surface area contributed by atoms with Gasteiger partial charge in [0.15, 0.2) is 18.0 Å². The van der Waals surface area contributed by atoms with Crippen LogP contribution in [-0.4, -0.2) is 126 Å². The average molecular weight is 1070 g/mol. The molecule has 2 unspecified atom stereocenters. The zero-order valence-electron chi connectivity index (χ0n) is 41.4. The molecule has 8 aromatic heterocycles. The highest BCUT2D eigenvalue weighted by molar-refractivity contribution is 6.38. The van der Waals surface area contributed by atoms with Crippen LogP contribution in [0.1, 0.15) is 36.1 Å². The van der Waals surface area contributed by atoms with Crippen LogP contribution in [0.2, 0.25) is 10.0 Å². The van der Waals surface area contributed by atoms with Crippen LogP contribution in [0.4, 0.5) is 32.3 Å². The van der Waals surface area contributed by atoms with Crippen LogP contribution < -0.4 is 24.2 Å². The molecule has 2 fully saturated rings. The Morgan fingerprint density at radius 2 is 1.01 bits per heavy atom. The van der Waals surface area contributed by atoms with Gasteiger partial charge in [-0.1, -0.05) is 47.5 Å². The Morgan fingerprint density at radius 1 is 0.539 bits per heavy atom. The number of nitrogens with zero attached hydrogens (tertiary/aromatic N) is 18. The van der Waals surface area contributed by atoms with Crippen molar-refractivity contribution >= 4 is 57.8 Å². The predicted octanol–water partition coefficient (Wildman–Crippen LogP) is 5.76. The van der Waals surface area contributed by atoms with Gasteiger partial charge in [0.1, 0.15) is 34.7 Å². The number of aromatic nitrogens is 14. The van der Waals surface area contributed by atoms with Gasteiger partial charge in [-0.3, -0.25) is 9.58 Å². The normalized spacial score (nSPS) is 16.0. The third kappa shape index (κ3) is 8.85. The molecule has 20 nitrogen and oxygen atoms in total. The fraction of sp³-hybridized carbons (Fsp3) is 0.269. The first-order valence-corrected chi connectivity index (χ1v) is 25.2. The molecule has 2 atom stereocenters. The van der Waals surface area contributed by atoms with Gasteiger partial charge in [-0.05, 0) is 54.3 Å². The van der Waals surface area contributed by atoms with Crippen molar-refractivity contribution in [3.8, 4) is 22.3 Å². The zero-order chi connectivity index (χ0) is 52.5. The van der Waals surface area contributed by atoms with Crippen LogP contribution in [-0.2, 0) is 24.9 Å². The van der Waals surface area contributed by atoms with Crippen LogP contribution >= 0.6 is 23.2 Å². The fourth-order valence-electron chi connectivity index (χ4n) is 9.99. The lowest BCUT2D eigenvalue weighted by Crippen LogP contribution is -2.53. The van der Waals surface area contributed by atoms with E-state index in [1.54, 1.807) is 95.3 Å². The number of aliphatic hydroxyl groups is 2. The molecular weight excluding hydrogens is 1020 g/mol. The summed E-state index contributed by atoms with van der Waals surface area (Å²) in [5.74, 6) is 1.83. The number of fused-ring (bicyclic) bond motifs is 2. The van der Waals surface area contributed by atoms with Gasteiger partial charge in [0.2, 0.25) is 11.9 Å². The molecule has 24 heteroatoms. The summed E-state index contributed by atoms with van der Waals surface area (Å²) in [4.78, 5) is 31.8. The first-order valence-electron chi connectivity index (χ1n) is 24.4. The number of piperazine rings is 2. The molecule has 2 N–H and O–H groups in total. The van der Waals surface area contributed by atoms with Crippen molar-refractivity contribution in [2.75, 3.05) is 72.0 Å². The molecule has 2 aromatic carbocycles. The number of halogens is 4. The minimum Gasteiger partial charge on any atom is -0.381 e. The standard InChI is InChI=1S/C52H49Cl2F2N18O2/c1-51(75,35-4-8-39(55)9-5-35)37-22-57-49(58-23-37)69-16-12-67(13-17-69)47-45-43(53)42(28-73(45)64-30-61-47)34-21-63-72(27-34)32-71-31-65-74-29-41(33-20-62-66(3)26-33)44(54)46(74)48(71)68-14-18-70(19-15-68)50-59-24-38(25-60-50)52(2,76)36-6-10-40(56)11-7-36/h4-11,20-31,75-76H,12-19,32H2,1-3H3/q+1. The van der Waals surface area contributed by atoms with Gasteiger partial charge in [0.25, 0.3) is 12.1 Å². The highest BCUT2D eigenvalue weighted by Crippen LogP contribution is 2.39. The summed E-state index contributed by atoms with van der Waals surface area (Å²) < 4.78 is 36.4. The summed E-state index contributed by atoms with van der Waals surface area (Å²) in [6.07, 6.45) is 20.9. The van der Waals surface area contributed by atoms with Gasteiger partial charge < -0.3 is 24.9 Å². The van der Waals surface area contributed by atoms with Crippen molar-refractivity contribution in [3.05, 3.63) is 167 Å². The summed E-state index contributed by atoms with van der Waals surface area (Å²) in [6.45, 7) is 8.30. The smallest absolute Gasteiger partial charge is 0.254 e. The van der Waals surface area contributed by atoms with Gasteiger partial charge in [-0.15, -0.1) is 0 Å². The van der Waals surface area contributed by atoms with E-state index in [9.17, 15) is 19.0 Å². The van der Waals surface area contributed by atoms with Gasteiger partial charge >= 0.3 is 0 Å². The second-order valence-electron chi connectivity index (χ2n) is 19.3. The number of benzene rings is 2. The van der Waals surface area contributed by atoms with E-state index < -0.39 is 11.2 Å². The molecule has 0 amide bonds. The zero-order valence-corrected chi connectivity index (χ0v) is 42.9. The maximum absolute atomic E-state index is 13.7. The Labute approximate surface area is 443 Å². The molecule has 0 spiro atoms. The van der Waals surface area contributed by atoms with Crippen molar-refractivity contribution in [1.82, 2.24) is 63.7 Å². The van der Waals surface area contributed by atoms with Crippen LogP contribution in [0.3, 0.4) is 0 Å². The number of aryl methyl sites for hydroxylation is 1. The average Bonchev–Trinajstić information content (AvgIpc) is 4.29. The topological polar surface area (TPSA) is 192 Å². The minimum atomic E-state index is -1.42. The van der Waals surface area contributed by atoms with Gasteiger partial charge in [0, 0.05) is 110 Å². The fourth-order valence-corrected chi connectivity index (χ4v) is 10.6. The summed E-state index contributed by atoms with van der Waals surface area (Å²) in [7, 11) is 1.86. The third-order valence-electron chi connectivity index (χ3n) is 14.4. The third-order valence-corrected chi connectivity index (χ3v) is 15.2. The van der Waals surface area contributed by atoms with Crippen LogP contribution in [0.15, 0.2) is 123 Å². The van der Waals surface area contributed by atoms with E-state index in [-0.39, 0.29) is 18.3 Å². The molecule has 0 bridgehead atoms. The SMILES string of the molecule is Cn1cc(-c2cn3nc[n+](Cn4cc(-c5cn6ncnc(N7CCN(c8ncc(C(C)(O)c9ccc(F)cc9)cn8)CC7)c6c5Cl)cn4)c(N4CCN(c5ncc(C(C)(O)c6ccc(F)cc6)cn5)CC4)c3c2Cl)cn1. The van der Waals surface area contributed by atoms with E-state index in [1.165, 1.54) is 30.6 Å². The molecule has 386 valence electrons. The minimum absolute atomic E-state index is 0.279. The molecule has 10 heterocycles. The summed E-state index contributed by atoms with van der Waals surface area (Å²) >= 11 is 14.6. The Morgan fingerprint density at radius 3 is 1.54 bits per heavy atom. The summed E-state index contributed by atoms with van der Waals surface area (Å²) in [5, 5.41) is 42.2. The van der Waals surface area contributed by atoms with Crippen LogP contribution in [0, 0.1) is 11.6 Å². The van der Waals surface area contributed by atoms with Gasteiger partial charge in [-0.25, -0.2) is 47.5 Å². The molecule has 0 saturated carbocycles. The van der Waals surface area contributed by atoms with E-state index in [0.29, 0.717) is 108 Å². The second kappa shape index (κ2) is 19.2. The molecule has 76 heavy (non-hydrogen) atoms. The van der Waals surface area contributed by atoms with E-state index >= 15 is 0 Å². The highest BCUT2D eigenvalue weighted by Gasteiger charge is 2.34. The van der Waals surface area contributed by atoms with Crippen LogP contribution in [0.25, 0.3) is 33.3 Å². The quantitative estimate of drug-likeness (QED) is 0.140. The van der Waals surface area contributed by atoms with Crippen molar-refractivity contribution in [3.63, 3.8) is 0 Å². The van der Waals surface area contributed by atoms with Crippen molar-refractivity contribution in [2.24, 2.45) is 7.05 Å². The first-order chi connectivity index (χ1) is 36.7. The van der Waals surface area contributed by atoms with Gasteiger partial charge in [-0.2, -0.15) is 19.8 Å². The molecular formula is C52H49Cl2F2N18O2+. The molecule has 2 aliphatic heterocycles. The molecule has 0 radical (unpaired) electrons. The maximum atomic E-state index is 13.7. The first kappa shape index (κ1) is 48.7. The molecule has 2 saturated heterocycles. The van der Waals surface area contributed by atoms with E-state index in [2.05, 4.69) is 49.7 Å². The number of rotatable bonds is 12. The van der Waals surface area contributed by atoms with Crippen molar-refractivity contribution in [2.45, 2.75) is 31.7 Å². The monoisotopic (exact) mass is 1070 g/mol. The molecule has 0 aliphatic carbocycles. The Balaban J connectivity index is 0.774. The summed E-state index contributed by atoms with van der Waals surface area (Å²) in [6, 6.07) is 11.5. The number of hydrogen-bond acceptors (Lipinski definition) is 15. The predicted molar refractivity (Wildman–Crippen MR) is 280 cm³/mol. The lowest BCUT2D eigenvalue weighted by atomic mass is 9.90. The lowest BCUT2D eigenvalue weighted by molar-refractivity contribution is -0.693.